The summed E-state index contributed by atoms with van der Waals surface area (Å²) >= 11 is 0. The molecule has 1 aliphatic rings. The smallest absolute Gasteiger partial charge is 0.154 e. The van der Waals surface area contributed by atoms with Crippen LogP contribution in [-0.4, -0.2) is 5.11 Å². The summed E-state index contributed by atoms with van der Waals surface area (Å²) in [6.07, 6.45) is 5.06. The summed E-state index contributed by atoms with van der Waals surface area (Å²) < 4.78 is 0. The first kappa shape index (κ1) is 12.5. The summed E-state index contributed by atoms with van der Waals surface area (Å²) in [6.45, 7) is 2.09. The van der Waals surface area contributed by atoms with Gasteiger partial charge in [0.1, 0.15) is 0 Å². The van der Waals surface area contributed by atoms with Gasteiger partial charge >= 0.3 is 0 Å². The van der Waals surface area contributed by atoms with Crippen LogP contribution in [0.2, 0.25) is 0 Å². The Bertz CT molecular complexity index is 486. The summed E-state index contributed by atoms with van der Waals surface area (Å²) in [5.41, 5.74) is 15.6. The van der Waals surface area contributed by atoms with Gasteiger partial charge < -0.3 is 21.9 Å². The number of anilines is 2. The predicted molar refractivity (Wildman–Crippen MR) is 74.4 cm³/mol. The number of nitrogens with two attached hydrogens (primary N) is 2. The molecule has 4 nitrogen and oxygen atoms in total. The molecule has 1 aromatic rings. The molecule has 0 heterocycles. The molecular weight excluding hydrogens is 226 g/mol. The van der Waals surface area contributed by atoms with E-state index in [-0.39, 0.29) is 0 Å². The molecule has 0 amide bonds. The number of rotatable bonds is 3. The van der Waals surface area contributed by atoms with E-state index in [4.69, 9.17) is 11.5 Å². The minimum atomic E-state index is -0.871. The van der Waals surface area contributed by atoms with Crippen LogP contribution in [0.15, 0.2) is 41.6 Å². The van der Waals surface area contributed by atoms with Crippen LogP contribution in [0.25, 0.3) is 0 Å². The van der Waals surface area contributed by atoms with Gasteiger partial charge in [0, 0.05) is 22.6 Å². The Hall–Kier alpha value is -1.94. The molecule has 0 saturated carbocycles. The Balaban J connectivity index is 2.15. The van der Waals surface area contributed by atoms with Crippen LogP contribution >= 0.6 is 0 Å². The molecular formula is C14H19N3O. The van der Waals surface area contributed by atoms with E-state index in [2.05, 4.69) is 18.3 Å². The molecule has 0 bridgehead atoms. The maximum absolute atomic E-state index is 10.2. The molecule has 0 spiro atoms. The monoisotopic (exact) mass is 245 g/mol. The van der Waals surface area contributed by atoms with Crippen LogP contribution in [0, 0.1) is 0 Å². The highest BCUT2D eigenvalue weighted by atomic mass is 16.3. The van der Waals surface area contributed by atoms with Gasteiger partial charge in [0.05, 0.1) is 0 Å². The number of nitrogen functional groups attached to an aromatic ring is 2. The Morgan fingerprint density at radius 3 is 2.39 bits per heavy atom. The molecule has 0 aliphatic heterocycles. The highest BCUT2D eigenvalue weighted by Crippen LogP contribution is 2.27. The molecule has 0 saturated heterocycles. The lowest BCUT2D eigenvalue weighted by atomic mass is 10.0. The van der Waals surface area contributed by atoms with E-state index >= 15 is 0 Å². The maximum Gasteiger partial charge on any atom is 0.154 e. The predicted octanol–water partition coefficient (Wildman–Crippen LogP) is 2.06. The molecule has 1 aromatic carbocycles. The van der Waals surface area contributed by atoms with Crippen molar-refractivity contribution < 1.29 is 5.11 Å². The molecule has 0 fully saturated rings. The summed E-state index contributed by atoms with van der Waals surface area (Å²) in [7, 11) is 0. The third kappa shape index (κ3) is 2.65. The van der Waals surface area contributed by atoms with Gasteiger partial charge in [0.15, 0.2) is 6.23 Å². The number of aliphatic hydroxyl groups is 1. The Kier molecular flexibility index (Phi) is 3.58. The van der Waals surface area contributed by atoms with E-state index in [1.54, 1.807) is 18.2 Å². The molecule has 18 heavy (non-hydrogen) atoms. The summed E-state index contributed by atoms with van der Waals surface area (Å²) in [6, 6.07) is 5.23. The van der Waals surface area contributed by atoms with E-state index in [9.17, 15) is 5.11 Å². The molecule has 2 rings (SSSR count). The van der Waals surface area contributed by atoms with Gasteiger partial charge in [-0.3, -0.25) is 0 Å². The molecule has 0 aromatic heterocycles. The first-order valence-corrected chi connectivity index (χ1v) is 6.02. The zero-order valence-electron chi connectivity index (χ0n) is 10.5. The first-order valence-electron chi connectivity index (χ1n) is 6.02. The minimum Gasteiger partial charge on any atom is -0.398 e. The quantitative estimate of drug-likeness (QED) is 0.485. The van der Waals surface area contributed by atoms with Crippen molar-refractivity contribution in [3.8, 4) is 0 Å². The maximum atomic E-state index is 10.2. The van der Waals surface area contributed by atoms with E-state index < -0.39 is 6.23 Å². The van der Waals surface area contributed by atoms with Crippen molar-refractivity contribution in [3.63, 3.8) is 0 Å². The fraction of sp³-hybridized carbons (Fsp3) is 0.286. The fourth-order valence-corrected chi connectivity index (χ4v) is 2.03. The third-order valence-corrected chi connectivity index (χ3v) is 3.13. The first-order chi connectivity index (χ1) is 8.58. The van der Waals surface area contributed by atoms with Crippen LogP contribution in [0.4, 0.5) is 11.4 Å². The van der Waals surface area contributed by atoms with Crippen molar-refractivity contribution in [1.82, 2.24) is 5.32 Å². The van der Waals surface area contributed by atoms with Crippen molar-refractivity contribution in [3.05, 3.63) is 47.2 Å². The third-order valence-electron chi connectivity index (χ3n) is 3.13. The second-order valence-electron chi connectivity index (χ2n) is 4.60. The van der Waals surface area contributed by atoms with Crippen molar-refractivity contribution in [1.29, 1.82) is 0 Å². The minimum absolute atomic E-state index is 0.498. The summed E-state index contributed by atoms with van der Waals surface area (Å²) in [4.78, 5) is 0. The number of hydrogen-bond acceptors (Lipinski definition) is 4. The number of nitrogens with one attached hydrogen (secondary N) is 1. The van der Waals surface area contributed by atoms with E-state index in [1.165, 1.54) is 5.57 Å². The van der Waals surface area contributed by atoms with Gasteiger partial charge in [-0.1, -0.05) is 17.7 Å². The second-order valence-corrected chi connectivity index (χ2v) is 4.60. The average Bonchev–Trinajstić information content (AvgIpc) is 2.32. The molecule has 1 atom stereocenters. The zero-order chi connectivity index (χ0) is 13.1. The van der Waals surface area contributed by atoms with E-state index in [1.807, 2.05) is 6.08 Å². The second kappa shape index (κ2) is 5.14. The highest BCUT2D eigenvalue weighted by Gasteiger charge is 2.15. The molecule has 1 unspecified atom stereocenters. The van der Waals surface area contributed by atoms with Crippen molar-refractivity contribution in [2.45, 2.75) is 26.0 Å². The van der Waals surface area contributed by atoms with Gasteiger partial charge in [-0.05, 0) is 38.0 Å². The van der Waals surface area contributed by atoms with Crippen LogP contribution in [0.3, 0.4) is 0 Å². The summed E-state index contributed by atoms with van der Waals surface area (Å²) in [5.74, 6) is 0. The van der Waals surface area contributed by atoms with Crippen molar-refractivity contribution >= 4 is 11.4 Å². The average molecular weight is 245 g/mol. The van der Waals surface area contributed by atoms with Crippen LogP contribution < -0.4 is 16.8 Å². The Morgan fingerprint density at radius 2 is 1.83 bits per heavy atom. The fourth-order valence-electron chi connectivity index (χ4n) is 2.03. The topological polar surface area (TPSA) is 84.3 Å². The standard InChI is InChI=1S/C14H19N3O/c1-9-5-7-10(8-6-9)17-14(18)13-11(15)3-2-4-12(13)16/h2-5,7,14,17-18H,6,8,15-16H2,1H3. The van der Waals surface area contributed by atoms with E-state index in [0.717, 1.165) is 18.5 Å². The number of hydrogen-bond donors (Lipinski definition) is 4. The molecule has 4 heteroatoms. The SMILES string of the molecule is CC1=CC=C(NC(O)c2c(N)cccc2N)CC1. The molecule has 6 N–H and O–H groups in total. The van der Waals surface area contributed by atoms with Gasteiger partial charge in [-0.2, -0.15) is 0 Å². The van der Waals surface area contributed by atoms with Crippen LogP contribution in [0.1, 0.15) is 31.6 Å². The molecule has 96 valence electrons. The van der Waals surface area contributed by atoms with Crippen molar-refractivity contribution in [2.75, 3.05) is 11.5 Å². The zero-order valence-corrected chi connectivity index (χ0v) is 10.5. The highest BCUT2D eigenvalue weighted by molar-refractivity contribution is 5.62. The van der Waals surface area contributed by atoms with Gasteiger partial charge in [-0.15, -0.1) is 0 Å². The Morgan fingerprint density at radius 1 is 1.17 bits per heavy atom. The summed E-state index contributed by atoms with van der Waals surface area (Å²) in [5, 5.41) is 13.2. The largest absolute Gasteiger partial charge is 0.398 e. The number of benzene rings is 1. The van der Waals surface area contributed by atoms with Crippen molar-refractivity contribution in [2.24, 2.45) is 0 Å². The molecule has 1 aliphatic carbocycles. The van der Waals surface area contributed by atoms with E-state index in [0.29, 0.717) is 16.9 Å². The van der Waals surface area contributed by atoms with Gasteiger partial charge in [0.2, 0.25) is 0 Å². The normalized spacial score (nSPS) is 16.8. The van der Waals surface area contributed by atoms with Gasteiger partial charge in [0.25, 0.3) is 0 Å². The van der Waals surface area contributed by atoms with Crippen LogP contribution in [-0.2, 0) is 0 Å². The van der Waals surface area contributed by atoms with Gasteiger partial charge in [-0.25, -0.2) is 0 Å². The lowest BCUT2D eigenvalue weighted by molar-refractivity contribution is 0.151. The molecule has 0 radical (unpaired) electrons. The van der Waals surface area contributed by atoms with Crippen LogP contribution in [0.5, 0.6) is 0 Å². The lowest BCUT2D eigenvalue weighted by Crippen LogP contribution is -2.23. The Labute approximate surface area is 107 Å². The number of aliphatic hydroxyl groups excluding tert-OH is 1. The number of allylic oxidation sites excluding steroid dienone is 4. The lowest BCUT2D eigenvalue weighted by Gasteiger charge is -2.21.